The smallest absolute Gasteiger partial charge is 0.306 e. The van der Waals surface area contributed by atoms with Gasteiger partial charge in [0.2, 0.25) is 0 Å². The lowest BCUT2D eigenvalue weighted by Crippen LogP contribution is -2.28. The van der Waals surface area contributed by atoms with Crippen LogP contribution in [0.1, 0.15) is 271 Å². The molecule has 70 heavy (non-hydrogen) atoms. The predicted molar refractivity (Wildman–Crippen MR) is 306 cm³/mol. The van der Waals surface area contributed by atoms with Crippen molar-refractivity contribution in [2.24, 2.45) is 0 Å². The van der Waals surface area contributed by atoms with Gasteiger partial charge in [-0.15, -0.1) is 0 Å². The fraction of sp³-hybridized carbons (Fsp3) is 0.692. The largest absolute Gasteiger partial charge is 0.462 e. The van der Waals surface area contributed by atoms with Crippen LogP contribution in [0.15, 0.2) is 109 Å². The van der Waals surface area contributed by atoms with Crippen molar-refractivity contribution in [3.05, 3.63) is 109 Å². The van der Waals surface area contributed by atoms with Crippen LogP contribution in [0.25, 0.3) is 0 Å². The molecule has 0 heterocycles. The van der Waals surface area contributed by atoms with Crippen LogP contribution >= 0.6 is 0 Å². The zero-order valence-electron chi connectivity index (χ0n) is 45.7. The minimum Gasteiger partial charge on any atom is -0.462 e. The van der Waals surface area contributed by atoms with E-state index in [0.29, 0.717) is 12.8 Å². The van der Waals surface area contributed by atoms with Gasteiger partial charge in [-0.25, -0.2) is 0 Å². The lowest BCUT2D eigenvalue weighted by molar-refractivity contribution is -0.161. The van der Waals surface area contributed by atoms with Gasteiger partial charge >= 0.3 is 11.9 Å². The van der Waals surface area contributed by atoms with Crippen molar-refractivity contribution in [2.75, 3.05) is 13.2 Å². The quantitative estimate of drug-likeness (QED) is 0.0373. The summed E-state index contributed by atoms with van der Waals surface area (Å²) in [6.45, 7) is 3.93. The third-order valence-corrected chi connectivity index (χ3v) is 12.6. The van der Waals surface area contributed by atoms with Crippen molar-refractivity contribution in [3.8, 4) is 0 Å². The fourth-order valence-corrected chi connectivity index (χ4v) is 8.22. The molecule has 0 aliphatic carbocycles. The lowest BCUT2D eigenvalue weighted by atomic mass is 10.0. The van der Waals surface area contributed by atoms with E-state index >= 15 is 0 Å². The van der Waals surface area contributed by atoms with Gasteiger partial charge in [-0.3, -0.25) is 9.59 Å². The number of aliphatic hydroxyl groups is 1. The average molecular weight is 972 g/mol. The van der Waals surface area contributed by atoms with Crippen molar-refractivity contribution in [2.45, 2.75) is 277 Å². The number of esters is 2. The molecule has 0 aromatic heterocycles. The molecule has 0 amide bonds. The Bertz CT molecular complexity index is 1380. The number of ether oxygens (including phenoxy) is 2. The molecule has 400 valence electrons. The topological polar surface area (TPSA) is 72.8 Å². The molecule has 0 aromatic rings. The van der Waals surface area contributed by atoms with E-state index in [4.69, 9.17) is 9.47 Å². The summed E-state index contributed by atoms with van der Waals surface area (Å²) < 4.78 is 10.7. The van der Waals surface area contributed by atoms with E-state index in [9.17, 15) is 14.7 Å². The van der Waals surface area contributed by atoms with Crippen molar-refractivity contribution < 1.29 is 24.2 Å². The number of rotatable bonds is 53. The molecule has 0 rings (SSSR count). The number of carbonyl (C=O) groups excluding carboxylic acids is 2. The summed E-state index contributed by atoms with van der Waals surface area (Å²) in [7, 11) is 0. The molecule has 0 radical (unpaired) electrons. The molecule has 1 atom stereocenters. The normalized spacial score (nSPS) is 13.0. The molecule has 0 aliphatic rings. The Kier molecular flexibility index (Phi) is 56.9. The molecule has 0 fully saturated rings. The summed E-state index contributed by atoms with van der Waals surface area (Å²) in [5.41, 5.74) is 0. The van der Waals surface area contributed by atoms with Crippen LogP contribution in [0.3, 0.4) is 0 Å². The van der Waals surface area contributed by atoms with Gasteiger partial charge in [-0.1, -0.05) is 271 Å². The summed E-state index contributed by atoms with van der Waals surface area (Å²) in [5, 5.41) is 9.67. The van der Waals surface area contributed by atoms with Gasteiger partial charge in [0.25, 0.3) is 0 Å². The number of allylic oxidation sites excluding steroid dienone is 18. The SMILES string of the molecule is CC/C=C\C/C=C\C/C=C\C/C=C\C/C=C\CCCCCCCCCCCCCCCCCCCC(=O)OC(CO)COC(=O)CCCCCCCCCCCC/C=C\C/C=C\C/C=C\C/C=C\CC. The zero-order valence-corrected chi connectivity index (χ0v) is 45.7. The van der Waals surface area contributed by atoms with Crippen molar-refractivity contribution in [1.82, 2.24) is 0 Å². The molecule has 0 saturated carbocycles. The Labute approximate surface area is 433 Å². The van der Waals surface area contributed by atoms with Gasteiger partial charge in [0, 0.05) is 12.8 Å². The van der Waals surface area contributed by atoms with Crippen LogP contribution < -0.4 is 0 Å². The molecule has 0 saturated heterocycles. The second-order valence-electron chi connectivity index (χ2n) is 19.3. The van der Waals surface area contributed by atoms with E-state index in [0.717, 1.165) is 96.3 Å². The van der Waals surface area contributed by atoms with Crippen LogP contribution in [0.2, 0.25) is 0 Å². The minimum absolute atomic E-state index is 0.0710. The van der Waals surface area contributed by atoms with Gasteiger partial charge in [0.05, 0.1) is 6.61 Å². The first kappa shape index (κ1) is 66.6. The van der Waals surface area contributed by atoms with Crippen molar-refractivity contribution >= 4 is 11.9 Å². The van der Waals surface area contributed by atoms with E-state index in [1.807, 2.05) is 0 Å². The van der Waals surface area contributed by atoms with Crippen molar-refractivity contribution in [3.63, 3.8) is 0 Å². The Morgan fingerprint density at radius 3 is 0.857 bits per heavy atom. The van der Waals surface area contributed by atoms with E-state index in [2.05, 4.69) is 123 Å². The molecular weight excluding hydrogens is 861 g/mol. The summed E-state index contributed by atoms with van der Waals surface area (Å²) >= 11 is 0. The fourth-order valence-electron chi connectivity index (χ4n) is 8.22. The van der Waals surface area contributed by atoms with Gasteiger partial charge in [-0.2, -0.15) is 0 Å². The lowest BCUT2D eigenvalue weighted by Gasteiger charge is -2.15. The Morgan fingerprint density at radius 1 is 0.329 bits per heavy atom. The highest BCUT2D eigenvalue weighted by molar-refractivity contribution is 5.70. The average Bonchev–Trinajstić information content (AvgIpc) is 3.36. The molecule has 5 heteroatoms. The summed E-state index contributed by atoms with van der Waals surface area (Å²) in [5.74, 6) is -0.592. The van der Waals surface area contributed by atoms with Crippen LogP contribution in [0, 0.1) is 0 Å². The second kappa shape index (κ2) is 59.9. The number of carbonyl (C=O) groups is 2. The molecular formula is C65H110O5. The van der Waals surface area contributed by atoms with Crippen LogP contribution in [-0.2, 0) is 19.1 Å². The highest BCUT2D eigenvalue weighted by Gasteiger charge is 2.16. The molecule has 5 nitrogen and oxygen atoms in total. The Morgan fingerprint density at radius 2 is 0.571 bits per heavy atom. The van der Waals surface area contributed by atoms with E-state index < -0.39 is 6.10 Å². The predicted octanol–water partition coefficient (Wildman–Crippen LogP) is 20.1. The van der Waals surface area contributed by atoms with Gasteiger partial charge in [0.1, 0.15) is 6.61 Å². The first-order valence-corrected chi connectivity index (χ1v) is 29.4. The third-order valence-electron chi connectivity index (χ3n) is 12.6. The van der Waals surface area contributed by atoms with Gasteiger partial charge in [-0.05, 0) is 96.3 Å². The highest BCUT2D eigenvalue weighted by Crippen LogP contribution is 2.16. The standard InChI is InChI=1S/C65H110O5/c1-3-5-7-9-11-13-15-17-19-21-23-25-27-28-29-30-31-32-33-34-35-36-38-40-42-44-46-48-50-52-54-56-58-60-65(68)70-63(61-66)62-69-64(67)59-57-55-53-51-49-47-45-43-41-39-37-26-24-22-20-18-16-14-12-10-8-6-4-2/h5-8,11-14,17-20,23-26,28-29,63,66H,3-4,9-10,15-16,21-22,27,30-62H2,1-2H3/b7-5-,8-6-,13-11-,14-12-,19-17-,20-18-,25-23-,26-24-,29-28-. The first-order chi connectivity index (χ1) is 34.6. The van der Waals surface area contributed by atoms with Crippen LogP contribution in [0.4, 0.5) is 0 Å². The van der Waals surface area contributed by atoms with Gasteiger partial charge < -0.3 is 14.6 Å². The Hall–Kier alpha value is -3.44. The van der Waals surface area contributed by atoms with Crippen LogP contribution in [-0.4, -0.2) is 36.4 Å². The molecule has 0 bridgehead atoms. The number of aliphatic hydroxyl groups excluding tert-OH is 1. The van der Waals surface area contributed by atoms with E-state index in [1.165, 1.54) is 148 Å². The van der Waals surface area contributed by atoms with E-state index in [1.54, 1.807) is 0 Å². The maximum atomic E-state index is 12.3. The second-order valence-corrected chi connectivity index (χ2v) is 19.3. The maximum Gasteiger partial charge on any atom is 0.306 e. The number of hydrogen-bond donors (Lipinski definition) is 1. The first-order valence-electron chi connectivity index (χ1n) is 29.4. The highest BCUT2D eigenvalue weighted by atomic mass is 16.6. The summed E-state index contributed by atoms with van der Waals surface area (Å²) in [4.78, 5) is 24.6. The summed E-state index contributed by atoms with van der Waals surface area (Å²) in [6, 6.07) is 0. The zero-order chi connectivity index (χ0) is 50.6. The molecule has 0 aromatic carbocycles. The number of unbranched alkanes of at least 4 members (excludes halogenated alkanes) is 27. The van der Waals surface area contributed by atoms with E-state index in [-0.39, 0.29) is 25.2 Å². The van der Waals surface area contributed by atoms with Crippen LogP contribution in [0.5, 0.6) is 0 Å². The molecule has 0 spiro atoms. The third kappa shape index (κ3) is 57.1. The molecule has 0 aliphatic heterocycles. The monoisotopic (exact) mass is 971 g/mol. The molecule has 1 unspecified atom stereocenters. The summed E-state index contributed by atoms with van der Waals surface area (Å²) in [6.07, 6.45) is 86.4. The Balaban J connectivity index is 3.48. The molecule has 1 N–H and O–H groups in total. The van der Waals surface area contributed by atoms with Gasteiger partial charge in [0.15, 0.2) is 6.10 Å². The number of hydrogen-bond acceptors (Lipinski definition) is 5. The van der Waals surface area contributed by atoms with Crippen molar-refractivity contribution in [1.29, 1.82) is 0 Å². The minimum atomic E-state index is -0.780. The maximum absolute atomic E-state index is 12.3.